The van der Waals surface area contributed by atoms with Crippen LogP contribution in [0.1, 0.15) is 43.5 Å². The first-order chi connectivity index (χ1) is 18.6. The minimum Gasteiger partial charge on any atom is -0.508 e. The molecule has 0 aromatic heterocycles. The number of nitrogens with zero attached hydrogens (tertiary/aromatic N) is 2. The fourth-order valence-electron chi connectivity index (χ4n) is 4.97. The molecule has 1 unspecified atom stereocenters. The molecule has 9 heteroatoms. The molecule has 206 valence electrons. The highest BCUT2D eigenvalue weighted by Gasteiger charge is 2.33. The van der Waals surface area contributed by atoms with Crippen LogP contribution in [0.2, 0.25) is 0 Å². The molecule has 0 spiro atoms. The minimum atomic E-state index is -0.786. The van der Waals surface area contributed by atoms with Gasteiger partial charge in [0.1, 0.15) is 24.0 Å². The van der Waals surface area contributed by atoms with Crippen molar-refractivity contribution in [3.63, 3.8) is 0 Å². The average Bonchev–Trinajstić information content (AvgIpc) is 2.90. The smallest absolute Gasteiger partial charge is 0.248 e. The first kappa shape index (κ1) is 27.4. The van der Waals surface area contributed by atoms with Gasteiger partial charge in [-0.3, -0.25) is 9.69 Å². The van der Waals surface area contributed by atoms with Crippen molar-refractivity contribution in [2.75, 3.05) is 32.8 Å². The summed E-state index contributed by atoms with van der Waals surface area (Å²) in [6.07, 6.45) is -0.786. The molecule has 39 heavy (non-hydrogen) atoms. The molecule has 0 bridgehead atoms. The Bertz CT molecular complexity index is 1280. The molecule has 1 atom stereocenters. The number of aromatic hydroxyl groups is 1. The van der Waals surface area contributed by atoms with E-state index in [0.717, 1.165) is 28.6 Å². The summed E-state index contributed by atoms with van der Waals surface area (Å²) in [7, 11) is 0. The Morgan fingerprint density at radius 2 is 1.49 bits per heavy atom. The molecule has 0 amide bonds. The third-order valence-electron chi connectivity index (χ3n) is 7.02. The minimum absolute atomic E-state index is 0.102. The Morgan fingerprint density at radius 3 is 2.03 bits per heavy atom. The molecule has 0 radical (unpaired) electrons. The van der Waals surface area contributed by atoms with Gasteiger partial charge in [-0.05, 0) is 46.9 Å². The number of phenols is 1. The number of piperazine rings is 1. The van der Waals surface area contributed by atoms with Crippen molar-refractivity contribution in [1.29, 1.82) is 0 Å². The highest BCUT2D eigenvalue weighted by molar-refractivity contribution is 8.11. The quantitative estimate of drug-likeness (QED) is 0.407. The number of phenolic OH excluding ortho intramolecular Hbond substituents is 1. The van der Waals surface area contributed by atoms with Gasteiger partial charge in [0.25, 0.3) is 0 Å². The number of rotatable bonds is 5. The van der Waals surface area contributed by atoms with Gasteiger partial charge in [-0.25, -0.2) is 13.1 Å². The van der Waals surface area contributed by atoms with E-state index in [9.17, 15) is 18.7 Å². The summed E-state index contributed by atoms with van der Waals surface area (Å²) in [4.78, 5) is 15.3. The van der Waals surface area contributed by atoms with Gasteiger partial charge < -0.3 is 14.6 Å². The monoisotopic (exact) mass is 554 g/mol. The largest absolute Gasteiger partial charge is 0.508 e. The highest BCUT2D eigenvalue weighted by Crippen LogP contribution is 2.42. The van der Waals surface area contributed by atoms with E-state index in [-0.39, 0.29) is 40.6 Å². The first-order valence-corrected chi connectivity index (χ1v) is 13.7. The van der Waals surface area contributed by atoms with Crippen molar-refractivity contribution in [3.05, 3.63) is 89.0 Å². The van der Waals surface area contributed by atoms with E-state index in [0.29, 0.717) is 37.7 Å². The summed E-state index contributed by atoms with van der Waals surface area (Å²) < 4.78 is 41.0. The van der Waals surface area contributed by atoms with Gasteiger partial charge in [-0.15, -0.1) is 0 Å². The molecule has 2 heterocycles. The Morgan fingerprint density at radius 1 is 0.923 bits per heavy atom. The van der Waals surface area contributed by atoms with Gasteiger partial charge >= 0.3 is 0 Å². The van der Waals surface area contributed by atoms with Gasteiger partial charge in [-0.1, -0.05) is 45.0 Å². The molecule has 0 saturated carbocycles. The normalized spacial score (nSPS) is 18.4. The molecule has 6 nitrogen and oxygen atoms in total. The lowest BCUT2D eigenvalue weighted by atomic mass is 9.86. The van der Waals surface area contributed by atoms with E-state index >= 15 is 0 Å². The van der Waals surface area contributed by atoms with E-state index in [1.165, 1.54) is 30.3 Å². The van der Waals surface area contributed by atoms with Crippen molar-refractivity contribution in [3.8, 4) is 17.2 Å². The van der Waals surface area contributed by atoms with Crippen molar-refractivity contribution in [1.82, 2.24) is 9.21 Å². The number of carbonyl (C=O) groups is 1. The van der Waals surface area contributed by atoms with E-state index < -0.39 is 6.10 Å². The molecular weight excluding hydrogens is 522 g/mol. The highest BCUT2D eigenvalue weighted by atomic mass is 32.2. The molecule has 1 N–H and O–H groups in total. The maximum absolute atomic E-state index is 13.6. The van der Waals surface area contributed by atoms with Crippen LogP contribution in [0.15, 0.2) is 60.7 Å². The molecule has 2 aliphatic rings. The van der Waals surface area contributed by atoms with Gasteiger partial charge in [-0.2, -0.15) is 0 Å². The number of halogens is 2. The topological polar surface area (TPSA) is 62.2 Å². The number of benzene rings is 3. The number of fused-ring (bicyclic) bond motifs is 1. The lowest BCUT2D eigenvalue weighted by molar-refractivity contribution is -0.119. The van der Waals surface area contributed by atoms with E-state index in [4.69, 9.17) is 9.47 Å². The van der Waals surface area contributed by atoms with E-state index in [1.807, 2.05) is 25.1 Å². The number of hydrogen-bond donors (Lipinski definition) is 1. The third kappa shape index (κ3) is 6.21. The number of carbonyl (C=O) groups excluding carboxylic acids is 1. The Balaban J connectivity index is 1.22. The van der Waals surface area contributed by atoms with Gasteiger partial charge in [0, 0.05) is 49.8 Å². The van der Waals surface area contributed by atoms with Crippen LogP contribution >= 0.6 is 11.9 Å². The van der Waals surface area contributed by atoms with Crippen LogP contribution in [-0.2, 0) is 10.2 Å². The standard InChI is InChI=1S/C30H32F2N2O4S/c1-30(2,3)23-16-25-26(17-24(23)35)38-27(18-37-25)29(36)39-34-14-12-33(13-15-34)28(19-4-8-21(31)9-5-19)20-6-10-22(32)11-7-20/h4-11,16-17,27-28,35H,12-15,18H2,1-3H3. The zero-order chi connectivity index (χ0) is 27.7. The van der Waals surface area contributed by atoms with E-state index in [2.05, 4.69) is 4.90 Å². The summed E-state index contributed by atoms with van der Waals surface area (Å²) >= 11 is 1.12. The Kier molecular flexibility index (Phi) is 7.84. The zero-order valence-electron chi connectivity index (χ0n) is 22.2. The lowest BCUT2D eigenvalue weighted by Crippen LogP contribution is -2.46. The molecule has 1 saturated heterocycles. The summed E-state index contributed by atoms with van der Waals surface area (Å²) in [5, 5.41) is 10.3. The van der Waals surface area contributed by atoms with Crippen LogP contribution < -0.4 is 9.47 Å². The molecule has 2 aliphatic heterocycles. The maximum atomic E-state index is 13.6. The summed E-state index contributed by atoms with van der Waals surface area (Å²) in [5.74, 6) is 0.374. The lowest BCUT2D eigenvalue weighted by Gasteiger charge is -2.39. The second-order valence-electron chi connectivity index (χ2n) is 10.9. The van der Waals surface area contributed by atoms with Crippen molar-refractivity contribution < 1.29 is 28.2 Å². The second kappa shape index (κ2) is 11.2. The van der Waals surface area contributed by atoms with E-state index in [1.54, 1.807) is 30.3 Å². The summed E-state index contributed by atoms with van der Waals surface area (Å²) in [5.41, 5.74) is 2.33. The average molecular weight is 555 g/mol. The molecule has 5 rings (SSSR count). The maximum Gasteiger partial charge on any atom is 0.248 e. The van der Waals surface area contributed by atoms with Crippen molar-refractivity contribution in [2.45, 2.75) is 38.3 Å². The van der Waals surface area contributed by atoms with Gasteiger partial charge in [0.05, 0.1) is 6.04 Å². The van der Waals surface area contributed by atoms with Gasteiger partial charge in [0.15, 0.2) is 11.5 Å². The summed E-state index contributed by atoms with van der Waals surface area (Å²) in [6, 6.07) is 15.9. The Labute approximate surface area is 231 Å². The predicted octanol–water partition coefficient (Wildman–Crippen LogP) is 5.69. The van der Waals surface area contributed by atoms with Crippen molar-refractivity contribution >= 4 is 17.1 Å². The third-order valence-corrected chi connectivity index (χ3v) is 8.09. The van der Waals surface area contributed by atoms with Crippen LogP contribution in [-0.4, -0.2) is 58.3 Å². The predicted molar refractivity (Wildman–Crippen MR) is 147 cm³/mol. The van der Waals surface area contributed by atoms with Crippen LogP contribution in [0.5, 0.6) is 17.2 Å². The first-order valence-electron chi connectivity index (χ1n) is 13.0. The van der Waals surface area contributed by atoms with Crippen molar-refractivity contribution in [2.24, 2.45) is 0 Å². The van der Waals surface area contributed by atoms with Crippen LogP contribution in [0.4, 0.5) is 8.78 Å². The van der Waals surface area contributed by atoms with Gasteiger partial charge in [0.2, 0.25) is 11.2 Å². The molecular formula is C30H32F2N2O4S. The molecule has 1 fully saturated rings. The molecule has 0 aliphatic carbocycles. The fourth-order valence-corrected chi connectivity index (χ4v) is 5.80. The van der Waals surface area contributed by atoms with Crippen LogP contribution in [0.3, 0.4) is 0 Å². The second-order valence-corrected chi connectivity index (χ2v) is 12.0. The summed E-state index contributed by atoms with van der Waals surface area (Å²) in [6.45, 7) is 8.67. The molecule has 3 aromatic rings. The van der Waals surface area contributed by atoms with Crippen LogP contribution in [0.25, 0.3) is 0 Å². The molecule has 3 aromatic carbocycles. The number of ether oxygens (including phenoxy) is 2. The Hall–Kier alpha value is -3.14. The number of hydrogen-bond acceptors (Lipinski definition) is 7. The SMILES string of the molecule is CC(C)(C)c1cc2c(cc1O)OC(C(=O)SN1CCN(C(c3ccc(F)cc3)c3ccc(F)cc3)CC1)CO2. The zero-order valence-corrected chi connectivity index (χ0v) is 23.0. The fraction of sp³-hybridized carbons (Fsp3) is 0.367. The van der Waals surface area contributed by atoms with Crippen LogP contribution in [0, 0.1) is 11.6 Å².